The van der Waals surface area contributed by atoms with Crippen LogP contribution in [-0.4, -0.2) is 42.3 Å². The summed E-state index contributed by atoms with van der Waals surface area (Å²) in [5, 5.41) is 1.02. The largest absolute Gasteiger partial charge is 0.490 e. The van der Waals surface area contributed by atoms with Crippen LogP contribution in [0.2, 0.25) is 0 Å². The lowest BCUT2D eigenvalue weighted by Crippen LogP contribution is -2.38. The molecule has 2 heterocycles. The fourth-order valence-electron chi connectivity index (χ4n) is 2.64. The maximum Gasteiger partial charge on any atom is 0.205 e. The summed E-state index contributed by atoms with van der Waals surface area (Å²) in [7, 11) is 1.70. The lowest BCUT2D eigenvalue weighted by molar-refractivity contribution is 0.171. The number of nitrogens with zero attached hydrogens (tertiary/aromatic N) is 3. The highest BCUT2D eigenvalue weighted by atomic mass is 32.1. The molecule has 1 saturated heterocycles. The molecule has 0 unspecified atom stereocenters. The van der Waals surface area contributed by atoms with Crippen LogP contribution in [0.1, 0.15) is 24.2 Å². The van der Waals surface area contributed by atoms with Crippen molar-refractivity contribution in [3.8, 4) is 5.75 Å². The van der Waals surface area contributed by atoms with E-state index in [0.29, 0.717) is 6.61 Å². The van der Waals surface area contributed by atoms with Crippen LogP contribution in [0.3, 0.4) is 0 Å². The van der Waals surface area contributed by atoms with E-state index in [0.717, 1.165) is 49.1 Å². The molecule has 1 fully saturated rings. The Morgan fingerprint density at radius 3 is 2.65 bits per heavy atom. The second kappa shape index (κ2) is 7.75. The van der Waals surface area contributed by atoms with Crippen LogP contribution in [0.5, 0.6) is 5.75 Å². The number of anilines is 1. The minimum Gasteiger partial charge on any atom is -0.490 e. The molecule has 0 atom stereocenters. The molecular formula is C17H23N3O2S. The average molecular weight is 333 g/mol. The summed E-state index contributed by atoms with van der Waals surface area (Å²) in [6.07, 6.45) is 3.09. The van der Waals surface area contributed by atoms with Gasteiger partial charge >= 0.3 is 0 Å². The van der Waals surface area contributed by atoms with E-state index < -0.39 is 0 Å². The van der Waals surface area contributed by atoms with Crippen molar-refractivity contribution in [1.82, 2.24) is 9.36 Å². The molecule has 1 aliphatic heterocycles. The van der Waals surface area contributed by atoms with E-state index >= 15 is 0 Å². The van der Waals surface area contributed by atoms with Gasteiger partial charge in [-0.05, 0) is 19.1 Å². The highest BCUT2D eigenvalue weighted by Crippen LogP contribution is 2.24. The van der Waals surface area contributed by atoms with Gasteiger partial charge < -0.3 is 14.4 Å². The molecule has 6 heteroatoms. The number of methoxy groups -OCH3 is 1. The molecule has 23 heavy (non-hydrogen) atoms. The number of aromatic nitrogens is 2. The molecule has 2 aromatic rings. The van der Waals surface area contributed by atoms with Gasteiger partial charge in [0.15, 0.2) is 0 Å². The zero-order chi connectivity index (χ0) is 16.1. The maximum absolute atomic E-state index is 6.08. The van der Waals surface area contributed by atoms with Gasteiger partial charge in [-0.2, -0.15) is 4.37 Å². The van der Waals surface area contributed by atoms with E-state index in [1.54, 1.807) is 7.11 Å². The number of benzene rings is 1. The van der Waals surface area contributed by atoms with Gasteiger partial charge in [0.2, 0.25) is 5.13 Å². The summed E-state index contributed by atoms with van der Waals surface area (Å²) in [6, 6.07) is 8.28. The van der Waals surface area contributed by atoms with E-state index in [9.17, 15) is 0 Å². The third kappa shape index (κ3) is 4.42. The molecule has 0 saturated carbocycles. The van der Waals surface area contributed by atoms with Crippen LogP contribution in [0, 0.1) is 6.92 Å². The first kappa shape index (κ1) is 16.2. The van der Waals surface area contributed by atoms with E-state index in [4.69, 9.17) is 9.47 Å². The van der Waals surface area contributed by atoms with Gasteiger partial charge in [0.05, 0.1) is 6.61 Å². The van der Waals surface area contributed by atoms with Gasteiger partial charge in [0, 0.05) is 51.0 Å². The van der Waals surface area contributed by atoms with Crippen molar-refractivity contribution in [2.75, 3.05) is 31.7 Å². The Morgan fingerprint density at radius 1 is 1.22 bits per heavy atom. The van der Waals surface area contributed by atoms with E-state index in [1.165, 1.54) is 17.1 Å². The van der Waals surface area contributed by atoms with Gasteiger partial charge in [-0.1, -0.05) is 17.7 Å². The number of aryl methyl sites for hydroxylation is 1. The normalized spacial score (nSPS) is 15.8. The molecule has 5 nitrogen and oxygen atoms in total. The van der Waals surface area contributed by atoms with Gasteiger partial charge in [0.25, 0.3) is 0 Å². The molecule has 0 spiro atoms. The fraction of sp³-hybridized carbons (Fsp3) is 0.529. The van der Waals surface area contributed by atoms with Crippen molar-refractivity contribution in [1.29, 1.82) is 0 Å². The molecule has 0 bridgehead atoms. The van der Waals surface area contributed by atoms with E-state index in [2.05, 4.69) is 45.4 Å². The number of ether oxygens (including phenoxy) is 2. The summed E-state index contributed by atoms with van der Waals surface area (Å²) in [4.78, 5) is 6.91. The average Bonchev–Trinajstić information content (AvgIpc) is 3.05. The summed E-state index contributed by atoms with van der Waals surface area (Å²) in [6.45, 7) is 4.69. The Bertz CT molecular complexity index is 607. The number of hydrogen-bond donors (Lipinski definition) is 0. The quantitative estimate of drug-likeness (QED) is 0.813. The Balaban J connectivity index is 1.50. The predicted molar refractivity (Wildman–Crippen MR) is 92.5 cm³/mol. The molecule has 1 aliphatic rings. The second-order valence-corrected chi connectivity index (χ2v) is 6.58. The Morgan fingerprint density at radius 2 is 1.96 bits per heavy atom. The van der Waals surface area contributed by atoms with E-state index in [-0.39, 0.29) is 6.10 Å². The van der Waals surface area contributed by atoms with Crippen LogP contribution in [0.4, 0.5) is 5.13 Å². The van der Waals surface area contributed by atoms with Crippen LogP contribution < -0.4 is 9.64 Å². The monoisotopic (exact) mass is 333 g/mol. The van der Waals surface area contributed by atoms with Crippen LogP contribution in [0.25, 0.3) is 0 Å². The molecule has 0 aliphatic carbocycles. The topological polar surface area (TPSA) is 47.5 Å². The smallest absolute Gasteiger partial charge is 0.205 e. The Kier molecular flexibility index (Phi) is 5.46. The molecule has 3 rings (SSSR count). The molecule has 0 amide bonds. The summed E-state index contributed by atoms with van der Waals surface area (Å²) < 4.78 is 15.6. The first-order valence-corrected chi connectivity index (χ1v) is 8.82. The highest BCUT2D eigenvalue weighted by Gasteiger charge is 2.23. The lowest BCUT2D eigenvalue weighted by Gasteiger charge is -2.31. The third-order valence-electron chi connectivity index (χ3n) is 4.02. The van der Waals surface area contributed by atoms with E-state index in [1.807, 2.05) is 0 Å². The molecule has 1 aromatic carbocycles. The van der Waals surface area contributed by atoms with Gasteiger partial charge in [-0.15, -0.1) is 0 Å². The van der Waals surface area contributed by atoms with Crippen LogP contribution >= 0.6 is 11.5 Å². The number of rotatable bonds is 6. The van der Waals surface area contributed by atoms with Gasteiger partial charge in [0.1, 0.15) is 17.7 Å². The third-order valence-corrected chi connectivity index (χ3v) is 4.84. The van der Waals surface area contributed by atoms with Crippen molar-refractivity contribution >= 4 is 16.7 Å². The second-order valence-electron chi connectivity index (χ2n) is 5.85. The Hall–Kier alpha value is -1.66. The number of hydrogen-bond acceptors (Lipinski definition) is 6. The molecule has 0 radical (unpaired) electrons. The predicted octanol–water partition coefficient (Wildman–Crippen LogP) is 3.08. The first-order valence-electron chi connectivity index (χ1n) is 8.04. The summed E-state index contributed by atoms with van der Waals surface area (Å²) in [5.74, 6) is 1.84. The SMILES string of the molecule is COCCc1nsc(N2CCC(Oc3ccc(C)cc3)CC2)n1. The zero-order valence-electron chi connectivity index (χ0n) is 13.7. The first-order chi connectivity index (χ1) is 11.2. The van der Waals surface area contributed by atoms with Crippen LogP contribution in [0.15, 0.2) is 24.3 Å². The van der Waals surface area contributed by atoms with Crippen LogP contribution in [-0.2, 0) is 11.2 Å². The molecule has 0 N–H and O–H groups in total. The van der Waals surface area contributed by atoms with Gasteiger partial charge in [-0.25, -0.2) is 4.98 Å². The number of piperidine rings is 1. The highest BCUT2D eigenvalue weighted by molar-refractivity contribution is 7.09. The zero-order valence-corrected chi connectivity index (χ0v) is 14.5. The lowest BCUT2D eigenvalue weighted by atomic mass is 10.1. The van der Waals surface area contributed by atoms with Crippen molar-refractivity contribution in [3.63, 3.8) is 0 Å². The van der Waals surface area contributed by atoms with Crippen molar-refractivity contribution in [2.45, 2.75) is 32.3 Å². The fourth-order valence-corrected chi connectivity index (χ4v) is 3.41. The minimum atomic E-state index is 0.287. The molecule has 124 valence electrons. The van der Waals surface area contributed by atoms with Gasteiger partial charge in [-0.3, -0.25) is 0 Å². The molecule has 1 aromatic heterocycles. The Labute approximate surface area is 141 Å². The standard InChI is InChI=1S/C17H23N3O2S/c1-13-3-5-14(6-4-13)22-15-7-10-20(11-8-15)17-18-16(19-23-17)9-12-21-2/h3-6,15H,7-12H2,1-2H3. The maximum atomic E-state index is 6.08. The molecular weight excluding hydrogens is 310 g/mol. The minimum absolute atomic E-state index is 0.287. The van der Waals surface area contributed by atoms with Crippen molar-refractivity contribution < 1.29 is 9.47 Å². The van der Waals surface area contributed by atoms with Crippen molar-refractivity contribution in [3.05, 3.63) is 35.7 Å². The summed E-state index contributed by atoms with van der Waals surface area (Å²) >= 11 is 1.48. The van der Waals surface area contributed by atoms with Crippen molar-refractivity contribution in [2.24, 2.45) is 0 Å². The summed E-state index contributed by atoms with van der Waals surface area (Å²) in [5.41, 5.74) is 1.26.